The molecule has 0 spiro atoms. The second-order valence-corrected chi connectivity index (χ2v) is 4.76. The van der Waals surface area contributed by atoms with Crippen LogP contribution in [0.5, 0.6) is 5.75 Å². The van der Waals surface area contributed by atoms with E-state index in [-0.39, 0.29) is 17.6 Å². The van der Waals surface area contributed by atoms with Gasteiger partial charge in [0.1, 0.15) is 5.75 Å². The first-order valence-electron chi connectivity index (χ1n) is 5.11. The average Bonchev–Trinajstić information content (AvgIpc) is 2.97. The minimum absolute atomic E-state index is 0.0135. The van der Waals surface area contributed by atoms with E-state index < -0.39 is 5.02 Å². The van der Waals surface area contributed by atoms with Gasteiger partial charge in [0.25, 0.3) is 0 Å². The van der Waals surface area contributed by atoms with Gasteiger partial charge in [-0.25, -0.2) is 0 Å². The molecule has 1 aliphatic rings. The Morgan fingerprint density at radius 2 is 2.18 bits per heavy atom. The third-order valence-electron chi connectivity index (χ3n) is 2.28. The van der Waals surface area contributed by atoms with Crippen LogP contribution < -0.4 is 10.1 Å². The van der Waals surface area contributed by atoms with Gasteiger partial charge in [-0.3, -0.25) is 4.79 Å². The van der Waals surface area contributed by atoms with E-state index in [9.17, 15) is 13.6 Å². The molecule has 1 N–H and O–H groups in total. The normalized spacial score (nSPS) is 15.5. The lowest BCUT2D eigenvalue weighted by molar-refractivity contribution is -0.117. The fourth-order valence-corrected chi connectivity index (χ4v) is 1.55. The zero-order valence-corrected chi connectivity index (χ0v) is 10.3. The monoisotopic (exact) mass is 305 g/mol. The Bertz CT molecular complexity index is 430. The molecule has 0 unspecified atom stereocenters. The second kappa shape index (κ2) is 4.60. The van der Waals surface area contributed by atoms with Crippen LogP contribution >= 0.6 is 15.9 Å². The van der Waals surface area contributed by atoms with E-state index in [1.165, 1.54) is 18.2 Å². The van der Waals surface area contributed by atoms with Crippen LogP contribution in [-0.2, 0) is 4.79 Å². The molecule has 92 valence electrons. The summed E-state index contributed by atoms with van der Waals surface area (Å²) in [5, 5.41) is -0.760. The summed E-state index contributed by atoms with van der Waals surface area (Å²) >= 11 is 2.08. The summed E-state index contributed by atoms with van der Waals surface area (Å²) in [5.41, 5.74) is 0.455. The van der Waals surface area contributed by atoms with Crippen molar-refractivity contribution in [3.05, 3.63) is 24.3 Å². The van der Waals surface area contributed by atoms with Crippen molar-refractivity contribution < 1.29 is 18.3 Å². The maximum Gasteiger partial charge on any atom is 0.459 e. The number of carbonyl (C=O) groups is 1. The minimum atomic E-state index is -3.41. The number of halogens is 3. The van der Waals surface area contributed by atoms with Gasteiger partial charge in [0, 0.05) is 33.6 Å². The molecule has 1 amide bonds. The number of amides is 1. The first-order chi connectivity index (χ1) is 7.94. The van der Waals surface area contributed by atoms with Crippen LogP contribution in [0.3, 0.4) is 0 Å². The van der Waals surface area contributed by atoms with E-state index in [1.54, 1.807) is 6.07 Å². The highest BCUT2D eigenvalue weighted by Gasteiger charge is 2.30. The summed E-state index contributed by atoms with van der Waals surface area (Å²) in [6.45, 7) is 0. The first-order valence-corrected chi connectivity index (χ1v) is 5.90. The van der Waals surface area contributed by atoms with Gasteiger partial charge in [-0.2, -0.15) is 8.78 Å². The van der Waals surface area contributed by atoms with Crippen LogP contribution in [0.4, 0.5) is 14.5 Å². The fraction of sp³-hybridized carbons (Fsp3) is 0.364. The molecular weight excluding hydrogens is 296 g/mol. The highest BCUT2D eigenvalue weighted by Crippen LogP contribution is 2.31. The molecule has 17 heavy (non-hydrogen) atoms. The first kappa shape index (κ1) is 12.3. The lowest BCUT2D eigenvalue weighted by Crippen LogP contribution is -2.16. The van der Waals surface area contributed by atoms with Crippen molar-refractivity contribution in [3.8, 4) is 5.75 Å². The number of nitrogens with one attached hydrogen (secondary N) is 1. The molecule has 0 radical (unpaired) electrons. The molecule has 6 heteroatoms. The van der Waals surface area contributed by atoms with E-state index in [4.69, 9.17) is 0 Å². The van der Waals surface area contributed by atoms with Crippen LogP contribution in [0.2, 0.25) is 0 Å². The third kappa shape index (κ3) is 3.96. The lowest BCUT2D eigenvalue weighted by atomic mass is 10.3. The van der Waals surface area contributed by atoms with Gasteiger partial charge in [-0.1, -0.05) is 6.07 Å². The zero-order chi connectivity index (χ0) is 12.5. The Morgan fingerprint density at radius 3 is 2.76 bits per heavy atom. The Labute approximate surface area is 105 Å². The Hall–Kier alpha value is -1.17. The molecule has 0 heterocycles. The Balaban J connectivity index is 2.03. The molecule has 1 aliphatic carbocycles. The van der Waals surface area contributed by atoms with Gasteiger partial charge in [-0.05, 0) is 25.0 Å². The van der Waals surface area contributed by atoms with Crippen molar-refractivity contribution >= 4 is 27.5 Å². The maximum atomic E-state index is 12.5. The maximum absolute atomic E-state index is 12.5. The van der Waals surface area contributed by atoms with Gasteiger partial charge in [0.05, 0.1) is 0 Å². The number of anilines is 1. The third-order valence-corrected chi connectivity index (χ3v) is 2.45. The van der Waals surface area contributed by atoms with Crippen LogP contribution in [-0.4, -0.2) is 10.9 Å². The number of ether oxygens (including phenoxy) is 1. The topological polar surface area (TPSA) is 38.3 Å². The molecule has 0 saturated heterocycles. The number of rotatable bonds is 4. The van der Waals surface area contributed by atoms with E-state index in [0.29, 0.717) is 5.69 Å². The van der Waals surface area contributed by atoms with Crippen molar-refractivity contribution in [2.45, 2.75) is 17.9 Å². The van der Waals surface area contributed by atoms with Crippen molar-refractivity contribution in [3.63, 3.8) is 0 Å². The van der Waals surface area contributed by atoms with Gasteiger partial charge in [0.2, 0.25) is 5.91 Å². The summed E-state index contributed by atoms with van der Waals surface area (Å²) in [6.07, 6.45) is 1.78. The molecule has 2 rings (SSSR count). The molecule has 0 bridgehead atoms. The molecule has 1 aromatic carbocycles. The summed E-state index contributed by atoms with van der Waals surface area (Å²) in [6, 6.07) is 5.91. The predicted octanol–water partition coefficient (Wildman–Crippen LogP) is 3.36. The van der Waals surface area contributed by atoms with Crippen molar-refractivity contribution in [2.24, 2.45) is 5.92 Å². The predicted molar refractivity (Wildman–Crippen MR) is 62.3 cm³/mol. The number of hydrogen-bond donors (Lipinski definition) is 1. The van der Waals surface area contributed by atoms with Gasteiger partial charge in [-0.15, -0.1) is 0 Å². The molecule has 0 atom stereocenters. The number of carbonyl (C=O) groups excluding carboxylic acids is 1. The van der Waals surface area contributed by atoms with Crippen molar-refractivity contribution in [1.29, 1.82) is 0 Å². The van der Waals surface area contributed by atoms with E-state index in [1.807, 2.05) is 0 Å². The summed E-state index contributed by atoms with van der Waals surface area (Å²) in [5.74, 6) is -0.0228. The highest BCUT2D eigenvalue weighted by molar-refractivity contribution is 9.09. The smallest absolute Gasteiger partial charge is 0.424 e. The van der Waals surface area contributed by atoms with Gasteiger partial charge < -0.3 is 10.1 Å². The largest absolute Gasteiger partial charge is 0.459 e. The summed E-state index contributed by atoms with van der Waals surface area (Å²) in [7, 11) is 0. The van der Waals surface area contributed by atoms with Gasteiger partial charge in [0.15, 0.2) is 0 Å². The van der Waals surface area contributed by atoms with Crippen LogP contribution in [0.25, 0.3) is 0 Å². The zero-order valence-electron chi connectivity index (χ0n) is 8.75. The van der Waals surface area contributed by atoms with E-state index >= 15 is 0 Å². The molecule has 3 nitrogen and oxygen atoms in total. The second-order valence-electron chi connectivity index (χ2n) is 3.84. The van der Waals surface area contributed by atoms with Crippen LogP contribution in [0, 0.1) is 5.92 Å². The Morgan fingerprint density at radius 1 is 1.47 bits per heavy atom. The molecule has 0 aromatic heterocycles. The lowest BCUT2D eigenvalue weighted by Gasteiger charge is -2.12. The number of benzene rings is 1. The van der Waals surface area contributed by atoms with E-state index in [2.05, 4.69) is 26.0 Å². The molecule has 1 saturated carbocycles. The minimum Gasteiger partial charge on any atom is -0.424 e. The summed E-state index contributed by atoms with van der Waals surface area (Å²) in [4.78, 5) is 11.5. The SMILES string of the molecule is O=C(Nc1cccc(OC(F)(F)Br)c1)C1CC1. The number of alkyl halides is 3. The van der Waals surface area contributed by atoms with Crippen molar-refractivity contribution in [2.75, 3.05) is 5.32 Å². The fourth-order valence-electron chi connectivity index (χ4n) is 1.36. The standard InChI is InChI=1S/C11H10BrF2NO2/c12-11(13,14)17-9-3-1-2-8(6-9)15-10(16)7-4-5-7/h1-3,6-7H,4-5H2,(H,15,16). The van der Waals surface area contributed by atoms with Crippen LogP contribution in [0.15, 0.2) is 24.3 Å². The quantitative estimate of drug-likeness (QED) is 0.866. The Kier molecular flexibility index (Phi) is 3.33. The molecule has 0 aliphatic heterocycles. The van der Waals surface area contributed by atoms with Gasteiger partial charge >= 0.3 is 5.02 Å². The van der Waals surface area contributed by atoms with Crippen molar-refractivity contribution in [1.82, 2.24) is 0 Å². The number of hydrogen-bond acceptors (Lipinski definition) is 2. The molecule has 1 aromatic rings. The average molecular weight is 306 g/mol. The molecule has 1 fully saturated rings. The highest BCUT2D eigenvalue weighted by atomic mass is 79.9. The van der Waals surface area contributed by atoms with E-state index in [0.717, 1.165) is 12.8 Å². The summed E-state index contributed by atoms with van der Waals surface area (Å²) < 4.78 is 29.4. The van der Waals surface area contributed by atoms with Crippen LogP contribution in [0.1, 0.15) is 12.8 Å². The molecular formula is C11H10BrF2NO2.